The van der Waals surface area contributed by atoms with Crippen molar-refractivity contribution < 1.29 is 27.8 Å². The summed E-state index contributed by atoms with van der Waals surface area (Å²) in [4.78, 5) is 12.8. The molecule has 2 aliphatic rings. The van der Waals surface area contributed by atoms with Gasteiger partial charge in [0.1, 0.15) is 5.75 Å². The maximum atomic E-state index is 13.7. The summed E-state index contributed by atoms with van der Waals surface area (Å²) in [5, 5.41) is 14.9. The molecular formula is C19H21Cl2F3N2O3. The molecule has 0 unspecified atom stereocenters. The molecule has 2 atom stereocenters. The zero-order valence-electron chi connectivity index (χ0n) is 15.7. The van der Waals surface area contributed by atoms with E-state index in [9.17, 15) is 23.1 Å². The number of carbonyl (C=O) groups excluding carboxylic acids is 1. The van der Waals surface area contributed by atoms with Gasteiger partial charge in [0, 0.05) is 17.2 Å². The van der Waals surface area contributed by atoms with Crippen molar-refractivity contribution in [2.24, 2.45) is 11.0 Å². The summed E-state index contributed by atoms with van der Waals surface area (Å²) < 4.78 is 46.5. The number of aliphatic hydroxyl groups is 1. The highest BCUT2D eigenvalue weighted by Gasteiger charge is 2.64. The summed E-state index contributed by atoms with van der Waals surface area (Å²) in [6.07, 6.45) is -3.00. The number of alkyl halides is 3. The van der Waals surface area contributed by atoms with Crippen LogP contribution in [0.1, 0.15) is 45.4 Å². The molecule has 1 N–H and O–H groups in total. The first-order valence-corrected chi connectivity index (χ1v) is 10.1. The Labute approximate surface area is 176 Å². The Kier molecular flexibility index (Phi) is 6.36. The average molecular weight is 453 g/mol. The average Bonchev–Trinajstić information content (AvgIpc) is 3.03. The zero-order chi connectivity index (χ0) is 21.4. The molecule has 1 heterocycles. The van der Waals surface area contributed by atoms with Crippen LogP contribution >= 0.6 is 23.2 Å². The molecule has 0 spiro atoms. The fraction of sp³-hybridized carbons (Fsp3) is 0.579. The van der Waals surface area contributed by atoms with Crippen molar-refractivity contribution in [2.75, 3.05) is 0 Å². The Balaban J connectivity index is 1.84. The van der Waals surface area contributed by atoms with Crippen molar-refractivity contribution in [3.8, 4) is 5.75 Å². The third-order valence-corrected chi connectivity index (χ3v) is 5.82. The maximum absolute atomic E-state index is 13.7. The van der Waals surface area contributed by atoms with Gasteiger partial charge in [-0.25, -0.2) is 0 Å². The molecule has 160 valence electrons. The fourth-order valence-corrected chi connectivity index (χ4v) is 4.12. The molecule has 0 saturated heterocycles. The molecule has 5 nitrogen and oxygen atoms in total. The molecular weight excluding hydrogens is 432 g/mol. The molecule has 1 amide bonds. The molecule has 10 heteroatoms. The SMILES string of the molecule is C[C@@H](Oc1ccc(Cl)cc1Cl)C(=O)N1N=C(C2CCCCC2)C[C@@]1(O)C(F)(F)F. The van der Waals surface area contributed by atoms with E-state index >= 15 is 0 Å². The van der Waals surface area contributed by atoms with Crippen LogP contribution in [0.25, 0.3) is 0 Å². The van der Waals surface area contributed by atoms with Crippen molar-refractivity contribution in [1.82, 2.24) is 5.01 Å². The summed E-state index contributed by atoms with van der Waals surface area (Å²) in [5.41, 5.74) is -3.19. The molecule has 29 heavy (non-hydrogen) atoms. The van der Waals surface area contributed by atoms with Crippen molar-refractivity contribution in [2.45, 2.75) is 63.5 Å². The maximum Gasteiger partial charge on any atom is 0.438 e. The highest BCUT2D eigenvalue weighted by Crippen LogP contribution is 2.43. The molecule has 1 aliphatic heterocycles. The van der Waals surface area contributed by atoms with E-state index in [0.717, 1.165) is 19.3 Å². The minimum atomic E-state index is -5.07. The number of hydrogen-bond donors (Lipinski definition) is 1. The Morgan fingerprint density at radius 2 is 1.97 bits per heavy atom. The number of ether oxygens (including phenoxy) is 1. The molecule has 1 aromatic carbocycles. The lowest BCUT2D eigenvalue weighted by atomic mass is 9.83. The minimum absolute atomic E-state index is 0.0862. The van der Waals surface area contributed by atoms with Gasteiger partial charge < -0.3 is 9.84 Å². The first-order chi connectivity index (χ1) is 13.5. The van der Waals surface area contributed by atoms with Crippen LogP contribution in [0.2, 0.25) is 10.0 Å². The lowest BCUT2D eigenvalue weighted by molar-refractivity contribution is -0.303. The third-order valence-electron chi connectivity index (χ3n) is 5.29. The van der Waals surface area contributed by atoms with Crippen molar-refractivity contribution in [3.05, 3.63) is 28.2 Å². The van der Waals surface area contributed by atoms with Gasteiger partial charge in [0.05, 0.1) is 5.02 Å². The standard InChI is InChI=1S/C19H21Cl2F3N2O3/c1-11(29-16-8-7-13(20)9-14(16)21)17(27)26-18(28,19(22,23)24)10-15(25-26)12-5-3-2-4-6-12/h7-9,11-12,28H,2-6,10H2,1H3/t11-,18-/m1/s1. The van der Waals surface area contributed by atoms with Gasteiger partial charge in [0.25, 0.3) is 11.6 Å². The molecule has 1 aromatic rings. The predicted octanol–water partition coefficient (Wildman–Crippen LogP) is 5.18. The molecule has 0 bridgehead atoms. The second-order valence-corrected chi connectivity index (χ2v) is 8.25. The van der Waals surface area contributed by atoms with E-state index in [1.54, 1.807) is 0 Å². The molecule has 1 saturated carbocycles. The predicted molar refractivity (Wildman–Crippen MR) is 103 cm³/mol. The van der Waals surface area contributed by atoms with Crippen LogP contribution in [-0.4, -0.2) is 39.7 Å². The molecule has 3 rings (SSSR count). The van der Waals surface area contributed by atoms with Crippen molar-refractivity contribution in [3.63, 3.8) is 0 Å². The molecule has 0 aromatic heterocycles. The summed E-state index contributed by atoms with van der Waals surface area (Å²) in [5.74, 6) is -1.19. The summed E-state index contributed by atoms with van der Waals surface area (Å²) in [7, 11) is 0. The fourth-order valence-electron chi connectivity index (χ4n) is 3.67. The smallest absolute Gasteiger partial charge is 0.438 e. The molecule has 0 radical (unpaired) electrons. The van der Waals surface area contributed by atoms with Gasteiger partial charge in [0.2, 0.25) is 0 Å². The van der Waals surface area contributed by atoms with Gasteiger partial charge in [-0.2, -0.15) is 23.3 Å². The second-order valence-electron chi connectivity index (χ2n) is 7.40. The normalized spacial score (nSPS) is 24.4. The van der Waals surface area contributed by atoms with E-state index in [4.69, 9.17) is 27.9 Å². The highest BCUT2D eigenvalue weighted by molar-refractivity contribution is 6.35. The second kappa shape index (κ2) is 8.32. The quantitative estimate of drug-likeness (QED) is 0.684. The van der Waals surface area contributed by atoms with Crippen molar-refractivity contribution >= 4 is 34.8 Å². The summed E-state index contributed by atoms with van der Waals surface area (Å²) >= 11 is 11.8. The molecule has 1 aliphatic carbocycles. The van der Waals surface area contributed by atoms with E-state index in [1.807, 2.05) is 0 Å². The van der Waals surface area contributed by atoms with E-state index in [1.165, 1.54) is 25.1 Å². The lowest BCUT2D eigenvalue weighted by Gasteiger charge is -2.34. The Hall–Kier alpha value is -1.51. The zero-order valence-corrected chi connectivity index (χ0v) is 17.2. The van der Waals surface area contributed by atoms with E-state index < -0.39 is 30.3 Å². The lowest BCUT2D eigenvalue weighted by Crippen LogP contribution is -2.58. The first kappa shape index (κ1) is 22.2. The van der Waals surface area contributed by atoms with Gasteiger partial charge in [0.15, 0.2) is 6.10 Å². The van der Waals surface area contributed by atoms with Crippen LogP contribution in [-0.2, 0) is 4.79 Å². The van der Waals surface area contributed by atoms with Crippen LogP contribution in [0.3, 0.4) is 0 Å². The third kappa shape index (κ3) is 4.49. The monoisotopic (exact) mass is 452 g/mol. The highest BCUT2D eigenvalue weighted by atomic mass is 35.5. The number of nitrogens with zero attached hydrogens (tertiary/aromatic N) is 2. The number of amides is 1. The number of hydrogen-bond acceptors (Lipinski definition) is 4. The van der Waals surface area contributed by atoms with Crippen LogP contribution in [0.5, 0.6) is 5.75 Å². The van der Waals surface area contributed by atoms with Crippen molar-refractivity contribution in [1.29, 1.82) is 0 Å². The Morgan fingerprint density at radius 3 is 2.55 bits per heavy atom. The summed E-state index contributed by atoms with van der Waals surface area (Å²) in [6.45, 7) is 1.28. The first-order valence-electron chi connectivity index (χ1n) is 9.35. The van der Waals surface area contributed by atoms with Gasteiger partial charge in [-0.15, -0.1) is 0 Å². The van der Waals surface area contributed by atoms with Crippen LogP contribution in [0.15, 0.2) is 23.3 Å². The molecule has 1 fully saturated rings. The number of hydrazone groups is 1. The Bertz CT molecular complexity index is 812. The van der Waals surface area contributed by atoms with Crippen LogP contribution < -0.4 is 4.74 Å². The van der Waals surface area contributed by atoms with Gasteiger partial charge in [-0.05, 0) is 43.9 Å². The number of halogens is 5. The van der Waals surface area contributed by atoms with E-state index in [-0.39, 0.29) is 27.4 Å². The number of benzene rings is 1. The summed E-state index contributed by atoms with van der Waals surface area (Å²) in [6, 6.07) is 4.27. The van der Waals surface area contributed by atoms with E-state index in [2.05, 4.69) is 5.10 Å². The van der Waals surface area contributed by atoms with Crippen LogP contribution in [0, 0.1) is 5.92 Å². The largest absolute Gasteiger partial charge is 0.479 e. The number of rotatable bonds is 4. The topological polar surface area (TPSA) is 62.1 Å². The van der Waals surface area contributed by atoms with Gasteiger partial charge in [-0.3, -0.25) is 4.79 Å². The Morgan fingerprint density at radius 1 is 1.31 bits per heavy atom. The van der Waals surface area contributed by atoms with E-state index in [0.29, 0.717) is 17.9 Å². The number of carbonyl (C=O) groups is 1. The van der Waals surface area contributed by atoms with Crippen LogP contribution in [0.4, 0.5) is 13.2 Å². The minimum Gasteiger partial charge on any atom is -0.479 e. The van der Waals surface area contributed by atoms with Gasteiger partial charge >= 0.3 is 6.18 Å². The van der Waals surface area contributed by atoms with Gasteiger partial charge in [-0.1, -0.05) is 42.5 Å².